The van der Waals surface area contributed by atoms with Crippen molar-refractivity contribution in [1.82, 2.24) is 13.9 Å². The molecule has 2 rings (SSSR count). The van der Waals surface area contributed by atoms with E-state index in [-0.39, 0.29) is 0 Å². The van der Waals surface area contributed by atoms with Gasteiger partial charge in [-0.2, -0.15) is 0 Å². The van der Waals surface area contributed by atoms with E-state index in [1.807, 2.05) is 6.92 Å². The fourth-order valence-electron chi connectivity index (χ4n) is 2.36. The molecule has 8 nitrogen and oxygen atoms in total. The predicted molar refractivity (Wildman–Crippen MR) is 93.3 cm³/mol. The number of nitrogens with one attached hydrogen (secondary N) is 1. The molecule has 2 aromatic rings. The number of sulfonamides is 1. The minimum atomic E-state index is -4.11. The monoisotopic (exact) mass is 367 g/mol. The summed E-state index contributed by atoms with van der Waals surface area (Å²) in [4.78, 5) is 23.4. The molecule has 0 saturated carbocycles. The Kier molecular flexibility index (Phi) is 5.48. The van der Waals surface area contributed by atoms with Gasteiger partial charge in [0.15, 0.2) is 4.90 Å². The number of hydrogen-bond donors (Lipinski definition) is 1. The standard InChI is InChI=1S/C16H21N3O5S/c1-5-24-13-8-6-7-12(9-13)11(2)17-25(22,23)14-10-18(3)16(21)19(4)15(14)20/h6-11,17H,5H2,1-4H3/t11-/m1/s1. The lowest BCUT2D eigenvalue weighted by Crippen LogP contribution is -2.41. The highest BCUT2D eigenvalue weighted by atomic mass is 32.2. The summed E-state index contributed by atoms with van der Waals surface area (Å²) < 4.78 is 34.9. The largest absolute Gasteiger partial charge is 0.494 e. The van der Waals surface area contributed by atoms with Crippen LogP contribution in [-0.2, 0) is 24.1 Å². The average Bonchev–Trinajstić information content (AvgIpc) is 2.56. The van der Waals surface area contributed by atoms with Crippen LogP contribution in [0.4, 0.5) is 0 Å². The highest BCUT2D eigenvalue weighted by Gasteiger charge is 2.24. The van der Waals surface area contributed by atoms with Crippen LogP contribution in [0, 0.1) is 0 Å². The summed E-state index contributed by atoms with van der Waals surface area (Å²) in [5.74, 6) is 0.629. The quantitative estimate of drug-likeness (QED) is 0.802. The van der Waals surface area contributed by atoms with E-state index in [4.69, 9.17) is 4.74 Å². The van der Waals surface area contributed by atoms with E-state index in [9.17, 15) is 18.0 Å². The molecule has 0 bridgehead atoms. The SMILES string of the molecule is CCOc1cccc([C@@H](C)NS(=O)(=O)c2cn(C)c(=O)n(C)c2=O)c1. The third-order valence-corrected chi connectivity index (χ3v) is 5.23. The van der Waals surface area contributed by atoms with E-state index in [0.717, 1.165) is 15.3 Å². The normalized spacial score (nSPS) is 12.8. The first-order valence-corrected chi connectivity index (χ1v) is 9.17. The van der Waals surface area contributed by atoms with Crippen molar-refractivity contribution in [2.45, 2.75) is 24.8 Å². The molecule has 0 aliphatic carbocycles. The first-order valence-electron chi connectivity index (χ1n) is 7.69. The summed E-state index contributed by atoms with van der Waals surface area (Å²) in [6, 6.07) is 6.43. The molecular weight excluding hydrogens is 346 g/mol. The number of hydrogen-bond acceptors (Lipinski definition) is 5. The van der Waals surface area contributed by atoms with Gasteiger partial charge in [0.1, 0.15) is 5.75 Å². The number of benzene rings is 1. The van der Waals surface area contributed by atoms with Crippen molar-refractivity contribution >= 4 is 10.0 Å². The number of ether oxygens (including phenoxy) is 1. The van der Waals surface area contributed by atoms with Gasteiger partial charge in [0.25, 0.3) is 5.56 Å². The Labute approximate surface area is 145 Å². The van der Waals surface area contributed by atoms with Crippen LogP contribution in [0.5, 0.6) is 5.75 Å². The predicted octanol–water partition coefficient (Wildman–Crippen LogP) is 0.522. The lowest BCUT2D eigenvalue weighted by molar-refractivity contribution is 0.339. The zero-order valence-electron chi connectivity index (χ0n) is 14.5. The Balaban J connectivity index is 2.38. The minimum Gasteiger partial charge on any atom is -0.494 e. The molecule has 1 N–H and O–H groups in total. The van der Waals surface area contributed by atoms with E-state index in [1.165, 1.54) is 14.1 Å². The smallest absolute Gasteiger partial charge is 0.330 e. The van der Waals surface area contributed by atoms with Gasteiger partial charge < -0.3 is 9.30 Å². The maximum absolute atomic E-state index is 12.6. The topological polar surface area (TPSA) is 99.4 Å². The molecule has 0 amide bonds. The van der Waals surface area contributed by atoms with Crippen molar-refractivity contribution in [1.29, 1.82) is 0 Å². The molecule has 0 aliphatic heterocycles. The van der Waals surface area contributed by atoms with Crippen LogP contribution in [0.25, 0.3) is 0 Å². The summed E-state index contributed by atoms with van der Waals surface area (Å²) in [5.41, 5.74) is -0.775. The number of aromatic nitrogens is 2. The van der Waals surface area contributed by atoms with Gasteiger partial charge in [-0.15, -0.1) is 0 Å². The summed E-state index contributed by atoms with van der Waals surface area (Å²) in [5, 5.41) is 0. The molecule has 0 saturated heterocycles. The van der Waals surface area contributed by atoms with Crippen molar-refractivity contribution in [3.05, 3.63) is 56.9 Å². The summed E-state index contributed by atoms with van der Waals surface area (Å²) in [6.45, 7) is 4.01. The second kappa shape index (κ2) is 7.24. The first kappa shape index (κ1) is 18.9. The van der Waals surface area contributed by atoms with Crippen molar-refractivity contribution in [2.24, 2.45) is 14.1 Å². The third-order valence-electron chi connectivity index (χ3n) is 3.71. The second-order valence-electron chi connectivity index (χ2n) is 5.60. The molecule has 0 fully saturated rings. The molecule has 1 aromatic heterocycles. The van der Waals surface area contributed by atoms with Gasteiger partial charge in [-0.1, -0.05) is 12.1 Å². The van der Waals surface area contributed by atoms with E-state index >= 15 is 0 Å². The van der Waals surface area contributed by atoms with Crippen LogP contribution in [0.1, 0.15) is 25.5 Å². The number of aryl methyl sites for hydroxylation is 1. The van der Waals surface area contributed by atoms with Crippen molar-refractivity contribution < 1.29 is 13.2 Å². The van der Waals surface area contributed by atoms with Gasteiger partial charge in [-0.3, -0.25) is 9.36 Å². The molecule has 0 spiro atoms. The highest BCUT2D eigenvalue weighted by Crippen LogP contribution is 2.20. The minimum absolute atomic E-state index is 0.482. The molecule has 1 atom stereocenters. The Morgan fingerprint density at radius 1 is 1.24 bits per heavy atom. The van der Waals surface area contributed by atoms with Gasteiger partial charge in [-0.25, -0.2) is 17.9 Å². The molecular formula is C16H21N3O5S. The second-order valence-corrected chi connectivity index (χ2v) is 7.28. The van der Waals surface area contributed by atoms with Gasteiger partial charge >= 0.3 is 5.69 Å². The van der Waals surface area contributed by atoms with Crippen LogP contribution < -0.4 is 20.7 Å². The fourth-order valence-corrected chi connectivity index (χ4v) is 3.76. The van der Waals surface area contributed by atoms with E-state index < -0.39 is 32.2 Å². The zero-order chi connectivity index (χ0) is 18.8. The summed E-state index contributed by atoms with van der Waals surface area (Å²) in [7, 11) is -1.49. The lowest BCUT2D eigenvalue weighted by atomic mass is 10.1. The number of rotatable bonds is 6. The molecule has 25 heavy (non-hydrogen) atoms. The van der Waals surface area contributed by atoms with Gasteiger partial charge in [0.05, 0.1) is 6.61 Å². The molecule has 0 unspecified atom stereocenters. The maximum Gasteiger partial charge on any atom is 0.330 e. The van der Waals surface area contributed by atoms with Gasteiger partial charge in [-0.05, 0) is 31.5 Å². The number of nitrogens with zero attached hydrogens (tertiary/aromatic N) is 2. The summed E-state index contributed by atoms with van der Waals surface area (Å²) >= 11 is 0. The molecule has 136 valence electrons. The average molecular weight is 367 g/mol. The van der Waals surface area contributed by atoms with Crippen LogP contribution in [0.2, 0.25) is 0 Å². The van der Waals surface area contributed by atoms with E-state index in [0.29, 0.717) is 17.9 Å². The Hall–Kier alpha value is -2.39. The molecule has 9 heteroatoms. The third kappa shape index (κ3) is 3.99. The van der Waals surface area contributed by atoms with Crippen molar-refractivity contribution in [2.75, 3.05) is 6.61 Å². The van der Waals surface area contributed by atoms with Crippen LogP contribution in [0.15, 0.2) is 44.9 Å². The van der Waals surface area contributed by atoms with E-state index in [1.54, 1.807) is 31.2 Å². The molecule has 0 aliphatic rings. The van der Waals surface area contributed by atoms with Crippen molar-refractivity contribution in [3.8, 4) is 5.75 Å². The summed E-state index contributed by atoms with van der Waals surface area (Å²) in [6.07, 6.45) is 1.02. The van der Waals surface area contributed by atoms with Crippen LogP contribution in [0.3, 0.4) is 0 Å². The Bertz CT molecular complexity index is 992. The van der Waals surface area contributed by atoms with Crippen molar-refractivity contribution in [3.63, 3.8) is 0 Å². The molecule has 0 radical (unpaired) electrons. The first-order chi connectivity index (χ1) is 11.7. The molecule has 1 aromatic carbocycles. The fraction of sp³-hybridized carbons (Fsp3) is 0.375. The van der Waals surface area contributed by atoms with Crippen LogP contribution >= 0.6 is 0 Å². The van der Waals surface area contributed by atoms with Gasteiger partial charge in [0, 0.05) is 26.3 Å². The molecule has 1 heterocycles. The highest BCUT2D eigenvalue weighted by molar-refractivity contribution is 7.89. The van der Waals surface area contributed by atoms with Gasteiger partial charge in [0.2, 0.25) is 10.0 Å². The zero-order valence-corrected chi connectivity index (χ0v) is 15.3. The Morgan fingerprint density at radius 2 is 1.92 bits per heavy atom. The Morgan fingerprint density at radius 3 is 2.56 bits per heavy atom. The maximum atomic E-state index is 12.6. The van der Waals surface area contributed by atoms with Crippen LogP contribution in [-0.4, -0.2) is 24.2 Å². The van der Waals surface area contributed by atoms with E-state index in [2.05, 4.69) is 4.72 Å². The lowest BCUT2D eigenvalue weighted by Gasteiger charge is -2.16.